The van der Waals surface area contributed by atoms with Crippen LogP contribution in [-0.2, 0) is 0 Å². The van der Waals surface area contributed by atoms with Gasteiger partial charge in [0.05, 0.1) is 11.4 Å². The van der Waals surface area contributed by atoms with Crippen molar-refractivity contribution in [1.82, 2.24) is 5.32 Å². The molecule has 1 aromatic carbocycles. The SMILES string of the molecule is C=C(C)C1=C(C)NC(/C(N)=C\C)=C(C(=C)C)C1c1ccc(N)cc1C. The standard InChI is InChI=1S/C22H29N3/c1-8-18(24)22-20(13(4)5)21(19(12(2)3)15(7)25-22)17-10-9-16(23)11-14(17)6/h8-11,21,25H,2,4,23-24H2,1,3,5-7H3/b18-8+. The number of allylic oxidation sites excluding steroid dienone is 6. The highest BCUT2D eigenvalue weighted by atomic mass is 14.9. The van der Waals surface area contributed by atoms with Gasteiger partial charge in [-0.3, -0.25) is 0 Å². The first-order chi connectivity index (χ1) is 11.7. The van der Waals surface area contributed by atoms with E-state index in [1.165, 1.54) is 11.1 Å². The van der Waals surface area contributed by atoms with E-state index < -0.39 is 0 Å². The van der Waals surface area contributed by atoms with Gasteiger partial charge >= 0.3 is 0 Å². The van der Waals surface area contributed by atoms with Gasteiger partial charge in [0.25, 0.3) is 0 Å². The van der Waals surface area contributed by atoms with Crippen LogP contribution in [0.1, 0.15) is 44.7 Å². The number of aryl methyl sites for hydroxylation is 1. The molecule has 0 saturated carbocycles. The van der Waals surface area contributed by atoms with Gasteiger partial charge in [0.15, 0.2) is 0 Å². The second-order valence-electron chi connectivity index (χ2n) is 6.81. The van der Waals surface area contributed by atoms with Crippen LogP contribution in [0.15, 0.2) is 76.8 Å². The predicted octanol–water partition coefficient (Wildman–Crippen LogP) is 4.81. The highest BCUT2D eigenvalue weighted by molar-refractivity contribution is 5.62. The molecule has 0 fully saturated rings. The van der Waals surface area contributed by atoms with Crippen molar-refractivity contribution in [2.45, 2.75) is 40.5 Å². The summed E-state index contributed by atoms with van der Waals surface area (Å²) in [6.45, 7) is 18.6. The molecule has 0 aliphatic carbocycles. The van der Waals surface area contributed by atoms with E-state index in [9.17, 15) is 0 Å². The molecule has 25 heavy (non-hydrogen) atoms. The van der Waals surface area contributed by atoms with E-state index in [0.29, 0.717) is 0 Å². The van der Waals surface area contributed by atoms with Crippen molar-refractivity contribution in [3.8, 4) is 0 Å². The van der Waals surface area contributed by atoms with Crippen molar-refractivity contribution in [2.75, 3.05) is 5.73 Å². The zero-order valence-corrected chi connectivity index (χ0v) is 16.0. The highest BCUT2D eigenvalue weighted by Crippen LogP contribution is 2.45. The maximum atomic E-state index is 6.30. The number of hydrogen-bond donors (Lipinski definition) is 3. The molecular formula is C22H29N3. The molecule has 5 N–H and O–H groups in total. The lowest BCUT2D eigenvalue weighted by molar-refractivity contribution is 0.786. The Morgan fingerprint density at radius 2 is 1.72 bits per heavy atom. The van der Waals surface area contributed by atoms with Crippen molar-refractivity contribution in [3.05, 3.63) is 87.9 Å². The van der Waals surface area contributed by atoms with Gasteiger partial charge in [-0.2, -0.15) is 0 Å². The number of nitrogen functional groups attached to an aromatic ring is 1. The molecule has 3 nitrogen and oxygen atoms in total. The fourth-order valence-corrected chi connectivity index (χ4v) is 3.56. The Morgan fingerprint density at radius 3 is 2.20 bits per heavy atom. The Bertz CT molecular complexity index is 835. The van der Waals surface area contributed by atoms with Gasteiger partial charge in [0.1, 0.15) is 0 Å². The molecule has 1 aromatic rings. The zero-order valence-electron chi connectivity index (χ0n) is 16.0. The van der Waals surface area contributed by atoms with E-state index >= 15 is 0 Å². The van der Waals surface area contributed by atoms with E-state index in [-0.39, 0.29) is 5.92 Å². The number of nitrogens with two attached hydrogens (primary N) is 2. The lowest BCUT2D eigenvalue weighted by Crippen LogP contribution is -2.29. The van der Waals surface area contributed by atoms with E-state index in [2.05, 4.69) is 38.4 Å². The van der Waals surface area contributed by atoms with E-state index in [0.717, 1.165) is 45.1 Å². The summed E-state index contributed by atoms with van der Waals surface area (Å²) < 4.78 is 0. The summed E-state index contributed by atoms with van der Waals surface area (Å²) in [5.41, 5.74) is 22.4. The van der Waals surface area contributed by atoms with Crippen LogP contribution in [0.3, 0.4) is 0 Å². The smallest absolute Gasteiger partial charge is 0.0656 e. The fourth-order valence-electron chi connectivity index (χ4n) is 3.56. The summed E-state index contributed by atoms with van der Waals surface area (Å²) >= 11 is 0. The van der Waals surface area contributed by atoms with E-state index in [1.807, 2.05) is 39.0 Å². The number of anilines is 1. The minimum Gasteiger partial charge on any atom is -0.399 e. The van der Waals surface area contributed by atoms with Gasteiger partial charge in [0, 0.05) is 17.3 Å². The third-order valence-electron chi connectivity index (χ3n) is 4.69. The largest absolute Gasteiger partial charge is 0.399 e. The molecule has 1 aliphatic rings. The van der Waals surface area contributed by atoms with Crippen molar-refractivity contribution in [3.63, 3.8) is 0 Å². The van der Waals surface area contributed by atoms with Crippen LogP contribution in [0.4, 0.5) is 5.69 Å². The van der Waals surface area contributed by atoms with Crippen molar-refractivity contribution >= 4 is 5.69 Å². The average molecular weight is 335 g/mol. The van der Waals surface area contributed by atoms with Crippen LogP contribution in [0.25, 0.3) is 0 Å². The second kappa shape index (κ2) is 7.06. The Morgan fingerprint density at radius 1 is 1.12 bits per heavy atom. The third kappa shape index (κ3) is 3.41. The highest BCUT2D eigenvalue weighted by Gasteiger charge is 2.32. The van der Waals surface area contributed by atoms with Crippen LogP contribution < -0.4 is 16.8 Å². The predicted molar refractivity (Wildman–Crippen MR) is 109 cm³/mol. The van der Waals surface area contributed by atoms with Gasteiger partial charge in [-0.25, -0.2) is 0 Å². The van der Waals surface area contributed by atoms with Crippen molar-refractivity contribution in [2.24, 2.45) is 5.73 Å². The Balaban J connectivity index is 2.86. The molecule has 2 rings (SSSR count). The van der Waals surface area contributed by atoms with Gasteiger partial charge in [-0.05, 0) is 69.0 Å². The normalized spacial score (nSPS) is 18.3. The maximum absolute atomic E-state index is 6.30. The first-order valence-corrected chi connectivity index (χ1v) is 8.50. The molecule has 1 atom stereocenters. The van der Waals surface area contributed by atoms with Crippen LogP contribution in [0, 0.1) is 6.92 Å². The van der Waals surface area contributed by atoms with Crippen molar-refractivity contribution in [1.29, 1.82) is 0 Å². The molecule has 1 unspecified atom stereocenters. The number of benzene rings is 1. The number of rotatable bonds is 4. The molecule has 0 spiro atoms. The minimum atomic E-state index is 0.0327. The van der Waals surface area contributed by atoms with E-state index in [1.54, 1.807) is 0 Å². The van der Waals surface area contributed by atoms with Crippen LogP contribution in [0.2, 0.25) is 0 Å². The zero-order chi connectivity index (χ0) is 18.9. The molecule has 0 radical (unpaired) electrons. The average Bonchev–Trinajstić information content (AvgIpc) is 2.52. The maximum Gasteiger partial charge on any atom is 0.0656 e. The molecule has 3 heteroatoms. The molecular weight excluding hydrogens is 306 g/mol. The number of hydrogen-bond acceptors (Lipinski definition) is 3. The van der Waals surface area contributed by atoms with Gasteiger partial charge in [-0.15, -0.1) is 0 Å². The van der Waals surface area contributed by atoms with Gasteiger partial charge in [0.2, 0.25) is 0 Å². The number of dihydropyridines is 1. The van der Waals surface area contributed by atoms with Gasteiger partial charge in [-0.1, -0.05) is 36.4 Å². The molecule has 132 valence electrons. The Kier molecular flexibility index (Phi) is 5.27. The lowest BCUT2D eigenvalue weighted by Gasteiger charge is -2.35. The topological polar surface area (TPSA) is 64.1 Å². The summed E-state index contributed by atoms with van der Waals surface area (Å²) in [7, 11) is 0. The summed E-state index contributed by atoms with van der Waals surface area (Å²) in [6.07, 6.45) is 1.91. The first-order valence-electron chi connectivity index (χ1n) is 8.50. The summed E-state index contributed by atoms with van der Waals surface area (Å²) in [6, 6.07) is 6.06. The number of nitrogens with one attached hydrogen (secondary N) is 1. The summed E-state index contributed by atoms with van der Waals surface area (Å²) in [5, 5.41) is 3.48. The molecule has 0 saturated heterocycles. The lowest BCUT2D eigenvalue weighted by atomic mass is 9.74. The van der Waals surface area contributed by atoms with Crippen molar-refractivity contribution < 1.29 is 0 Å². The summed E-state index contributed by atoms with van der Waals surface area (Å²) in [4.78, 5) is 0. The van der Waals surface area contributed by atoms with Crippen LogP contribution in [0.5, 0.6) is 0 Å². The van der Waals surface area contributed by atoms with Crippen LogP contribution in [-0.4, -0.2) is 0 Å². The fraction of sp³-hybridized carbons (Fsp3) is 0.273. The van der Waals surface area contributed by atoms with Gasteiger partial charge < -0.3 is 16.8 Å². The monoisotopic (exact) mass is 335 g/mol. The van der Waals surface area contributed by atoms with E-state index in [4.69, 9.17) is 11.5 Å². The molecule has 0 aromatic heterocycles. The first kappa shape index (κ1) is 18.7. The Labute approximate surface area is 151 Å². The molecule has 1 heterocycles. The second-order valence-corrected chi connectivity index (χ2v) is 6.81. The Hall–Kier alpha value is -2.68. The summed E-state index contributed by atoms with van der Waals surface area (Å²) in [5.74, 6) is 0.0327. The van der Waals surface area contributed by atoms with Crippen LogP contribution >= 0.6 is 0 Å². The quantitative estimate of drug-likeness (QED) is 0.692. The molecule has 0 amide bonds. The molecule has 0 bridgehead atoms. The third-order valence-corrected chi connectivity index (χ3v) is 4.69. The molecule has 1 aliphatic heterocycles. The minimum absolute atomic E-state index is 0.0327.